The Hall–Kier alpha value is -1.77. The van der Waals surface area contributed by atoms with Crippen LogP contribution in [-0.2, 0) is 11.2 Å². The van der Waals surface area contributed by atoms with Crippen molar-refractivity contribution in [3.8, 4) is 5.75 Å². The maximum absolute atomic E-state index is 10.8. The highest BCUT2D eigenvalue weighted by molar-refractivity contribution is 5.88. The molecule has 1 aromatic rings. The number of hydrogen-bond donors (Lipinski definition) is 1. The molecule has 14 heavy (non-hydrogen) atoms. The van der Waals surface area contributed by atoms with E-state index in [0.29, 0.717) is 17.8 Å². The van der Waals surface area contributed by atoms with Gasteiger partial charge in [-0.3, -0.25) is 0 Å². The van der Waals surface area contributed by atoms with Crippen LogP contribution in [-0.4, -0.2) is 11.1 Å². The summed E-state index contributed by atoms with van der Waals surface area (Å²) in [6.45, 7) is 1.68. The van der Waals surface area contributed by atoms with Crippen LogP contribution in [0.15, 0.2) is 35.6 Å². The van der Waals surface area contributed by atoms with Crippen molar-refractivity contribution in [3.63, 3.8) is 0 Å². The number of para-hydroxylation sites is 1. The number of carbonyl (C=O) groups is 1. The molecule has 0 saturated heterocycles. The quantitative estimate of drug-likeness (QED) is 0.736. The molecular formula is C11H10O3. The number of aliphatic carboxylic acids is 1. The Morgan fingerprint density at radius 3 is 2.86 bits per heavy atom. The van der Waals surface area contributed by atoms with Gasteiger partial charge in [-0.2, -0.15) is 0 Å². The van der Waals surface area contributed by atoms with Crippen molar-refractivity contribution in [2.75, 3.05) is 0 Å². The van der Waals surface area contributed by atoms with E-state index < -0.39 is 5.97 Å². The van der Waals surface area contributed by atoms with Gasteiger partial charge in [-0.05, 0) is 18.6 Å². The van der Waals surface area contributed by atoms with E-state index >= 15 is 0 Å². The van der Waals surface area contributed by atoms with Crippen molar-refractivity contribution in [2.24, 2.45) is 0 Å². The van der Waals surface area contributed by atoms with Gasteiger partial charge in [0.05, 0.1) is 5.57 Å². The van der Waals surface area contributed by atoms with E-state index in [2.05, 4.69) is 0 Å². The molecule has 0 saturated carbocycles. The van der Waals surface area contributed by atoms with E-state index in [4.69, 9.17) is 9.84 Å². The topological polar surface area (TPSA) is 46.5 Å². The van der Waals surface area contributed by atoms with Crippen LogP contribution in [0.2, 0.25) is 0 Å². The van der Waals surface area contributed by atoms with E-state index in [0.717, 1.165) is 11.3 Å². The molecule has 0 radical (unpaired) electrons. The van der Waals surface area contributed by atoms with Gasteiger partial charge < -0.3 is 9.84 Å². The molecular weight excluding hydrogens is 180 g/mol. The third kappa shape index (κ3) is 1.37. The second-order valence-electron chi connectivity index (χ2n) is 3.23. The van der Waals surface area contributed by atoms with Gasteiger partial charge in [-0.1, -0.05) is 18.2 Å². The average Bonchev–Trinajstić information content (AvgIpc) is 2.16. The van der Waals surface area contributed by atoms with Crippen LogP contribution in [0.5, 0.6) is 5.75 Å². The molecule has 0 unspecified atom stereocenters. The lowest BCUT2D eigenvalue weighted by atomic mass is 10.0. The van der Waals surface area contributed by atoms with Crippen molar-refractivity contribution in [1.82, 2.24) is 0 Å². The molecule has 0 bridgehead atoms. The normalized spacial score (nSPS) is 14.6. The largest absolute Gasteiger partial charge is 0.478 e. The third-order valence-corrected chi connectivity index (χ3v) is 2.29. The molecule has 0 fully saturated rings. The minimum absolute atomic E-state index is 0.337. The lowest BCUT2D eigenvalue weighted by molar-refractivity contribution is -0.133. The van der Waals surface area contributed by atoms with Gasteiger partial charge in [0.2, 0.25) is 0 Å². The van der Waals surface area contributed by atoms with Gasteiger partial charge in [-0.25, -0.2) is 4.79 Å². The van der Waals surface area contributed by atoms with Crippen LogP contribution in [0.4, 0.5) is 0 Å². The number of rotatable bonds is 1. The van der Waals surface area contributed by atoms with Gasteiger partial charge >= 0.3 is 5.97 Å². The lowest BCUT2D eigenvalue weighted by Crippen LogP contribution is -2.14. The first-order valence-electron chi connectivity index (χ1n) is 4.37. The van der Waals surface area contributed by atoms with Crippen molar-refractivity contribution in [1.29, 1.82) is 0 Å². The van der Waals surface area contributed by atoms with E-state index in [9.17, 15) is 4.79 Å². The molecule has 3 nitrogen and oxygen atoms in total. The Morgan fingerprint density at radius 1 is 1.43 bits per heavy atom. The second kappa shape index (κ2) is 3.18. The molecule has 1 N–H and O–H groups in total. The molecule has 0 aliphatic carbocycles. The molecule has 0 spiro atoms. The van der Waals surface area contributed by atoms with Crippen LogP contribution in [0.3, 0.4) is 0 Å². The Bertz CT molecular complexity index is 418. The summed E-state index contributed by atoms with van der Waals surface area (Å²) in [6.07, 6.45) is 0.442. The molecule has 0 atom stereocenters. The summed E-state index contributed by atoms with van der Waals surface area (Å²) in [4.78, 5) is 10.8. The second-order valence-corrected chi connectivity index (χ2v) is 3.23. The summed E-state index contributed by atoms with van der Waals surface area (Å²) in [5.74, 6) is 0.336. The fourth-order valence-electron chi connectivity index (χ4n) is 1.52. The van der Waals surface area contributed by atoms with E-state index in [1.54, 1.807) is 6.92 Å². The van der Waals surface area contributed by atoms with Gasteiger partial charge in [0.1, 0.15) is 11.5 Å². The Kier molecular flexibility index (Phi) is 2.00. The molecule has 1 aromatic carbocycles. The molecule has 0 aromatic heterocycles. The van der Waals surface area contributed by atoms with Crippen LogP contribution in [0.1, 0.15) is 12.5 Å². The summed E-state index contributed by atoms with van der Waals surface area (Å²) in [5, 5.41) is 8.90. The first-order chi connectivity index (χ1) is 6.68. The zero-order valence-corrected chi connectivity index (χ0v) is 7.78. The number of hydrogen-bond acceptors (Lipinski definition) is 2. The minimum Gasteiger partial charge on any atom is -0.478 e. The smallest absolute Gasteiger partial charge is 0.335 e. The highest BCUT2D eigenvalue weighted by Gasteiger charge is 2.21. The van der Waals surface area contributed by atoms with Gasteiger partial charge in [0.25, 0.3) is 0 Å². The Morgan fingerprint density at radius 2 is 2.14 bits per heavy atom. The first kappa shape index (κ1) is 8.81. The lowest BCUT2D eigenvalue weighted by Gasteiger charge is -2.18. The van der Waals surface area contributed by atoms with Gasteiger partial charge in [0.15, 0.2) is 0 Å². The highest BCUT2D eigenvalue weighted by Crippen LogP contribution is 2.29. The van der Waals surface area contributed by atoms with Crippen LogP contribution in [0.25, 0.3) is 0 Å². The number of benzene rings is 1. The minimum atomic E-state index is -0.906. The van der Waals surface area contributed by atoms with E-state index in [1.807, 2.05) is 24.3 Å². The fourth-order valence-corrected chi connectivity index (χ4v) is 1.52. The standard InChI is InChI=1S/C11H10O3/c1-7-9(11(12)13)6-8-4-2-3-5-10(8)14-7/h2-5H,6H2,1H3,(H,12,13). The fraction of sp³-hybridized carbons (Fsp3) is 0.182. The zero-order valence-electron chi connectivity index (χ0n) is 7.78. The molecule has 3 heteroatoms. The number of carboxylic acid groups (broad SMARTS) is 1. The number of ether oxygens (including phenoxy) is 1. The first-order valence-corrected chi connectivity index (χ1v) is 4.37. The van der Waals surface area contributed by atoms with Crippen LogP contribution in [0, 0.1) is 0 Å². The summed E-state index contributed by atoms with van der Waals surface area (Å²) in [7, 11) is 0. The molecule has 2 rings (SSSR count). The summed E-state index contributed by atoms with van der Waals surface area (Å²) in [6, 6.07) is 7.47. The highest BCUT2D eigenvalue weighted by atomic mass is 16.5. The average molecular weight is 190 g/mol. The molecule has 0 amide bonds. The maximum atomic E-state index is 10.8. The van der Waals surface area contributed by atoms with Gasteiger partial charge in [0, 0.05) is 6.42 Å². The Labute approximate surface area is 81.6 Å². The van der Waals surface area contributed by atoms with Crippen LogP contribution >= 0.6 is 0 Å². The monoisotopic (exact) mass is 190 g/mol. The van der Waals surface area contributed by atoms with Crippen molar-refractivity contribution in [3.05, 3.63) is 41.2 Å². The SMILES string of the molecule is CC1=C(C(=O)O)Cc2ccccc2O1. The predicted molar refractivity (Wildman–Crippen MR) is 51.1 cm³/mol. The molecule has 1 heterocycles. The summed E-state index contributed by atoms with van der Waals surface area (Å²) < 4.78 is 5.40. The molecule has 1 aliphatic rings. The maximum Gasteiger partial charge on any atom is 0.335 e. The number of carboxylic acids is 1. The van der Waals surface area contributed by atoms with Crippen molar-refractivity contribution in [2.45, 2.75) is 13.3 Å². The van der Waals surface area contributed by atoms with Crippen molar-refractivity contribution < 1.29 is 14.6 Å². The predicted octanol–water partition coefficient (Wildman–Crippen LogP) is 1.98. The summed E-state index contributed by atoms with van der Waals surface area (Å²) in [5.41, 5.74) is 1.26. The van der Waals surface area contributed by atoms with Crippen LogP contribution < -0.4 is 4.74 Å². The zero-order chi connectivity index (χ0) is 10.1. The van der Waals surface area contributed by atoms with E-state index in [1.165, 1.54) is 0 Å². The van der Waals surface area contributed by atoms with Crippen molar-refractivity contribution >= 4 is 5.97 Å². The number of fused-ring (bicyclic) bond motifs is 1. The molecule has 72 valence electrons. The Balaban J connectivity index is 2.41. The third-order valence-electron chi connectivity index (χ3n) is 2.29. The molecule has 1 aliphatic heterocycles. The van der Waals surface area contributed by atoms with E-state index in [-0.39, 0.29) is 0 Å². The van der Waals surface area contributed by atoms with Gasteiger partial charge in [-0.15, -0.1) is 0 Å². The summed E-state index contributed by atoms with van der Waals surface area (Å²) >= 11 is 0. The number of allylic oxidation sites excluding steroid dienone is 1.